The quantitative estimate of drug-likeness (QED) is 0.251. The van der Waals surface area contributed by atoms with E-state index in [2.05, 4.69) is 32.1 Å². The molecule has 0 spiro atoms. The summed E-state index contributed by atoms with van der Waals surface area (Å²) in [6.07, 6.45) is 1.33. The summed E-state index contributed by atoms with van der Waals surface area (Å²) in [5, 5.41) is 3.55. The molecule has 44 heavy (non-hydrogen) atoms. The van der Waals surface area contributed by atoms with Crippen molar-refractivity contribution in [3.63, 3.8) is 0 Å². The van der Waals surface area contributed by atoms with Gasteiger partial charge in [-0.3, -0.25) is 9.88 Å². The number of aromatic nitrogens is 3. The standard InChI is InChI=1S/C32H36F3N7O2/c1-3-21-19-42(20-23-15-25(17-38-29(21)23)44-28-8-10-37-30-26(28)7-9-36-30)31(43)39-24-6-5-22(27(16-24)32(33,34)35)18-41-13-11-40(4-2)12-14-41/h5-10,15-17,21H,3-4,11-14,18-20H2,1-2H3,(H,36,37)(H,39,43)/t21-/m0/s1. The number of amides is 2. The van der Waals surface area contributed by atoms with E-state index in [0.29, 0.717) is 23.7 Å². The molecule has 1 saturated heterocycles. The lowest BCUT2D eigenvalue weighted by atomic mass is 9.92. The van der Waals surface area contributed by atoms with Gasteiger partial charge in [0.15, 0.2) is 0 Å². The summed E-state index contributed by atoms with van der Waals surface area (Å²) in [5.74, 6) is 1.14. The number of likely N-dealkylation sites (N-methyl/N-ethyl adjacent to an activating group) is 1. The molecule has 0 bridgehead atoms. The van der Waals surface area contributed by atoms with Gasteiger partial charge in [0.2, 0.25) is 0 Å². The van der Waals surface area contributed by atoms with Gasteiger partial charge in [0.05, 0.1) is 22.8 Å². The Morgan fingerprint density at radius 3 is 2.61 bits per heavy atom. The van der Waals surface area contributed by atoms with Crippen molar-refractivity contribution in [3.05, 3.63) is 77.4 Å². The summed E-state index contributed by atoms with van der Waals surface area (Å²) in [7, 11) is 0. The summed E-state index contributed by atoms with van der Waals surface area (Å²) < 4.78 is 48.6. The van der Waals surface area contributed by atoms with Crippen molar-refractivity contribution in [1.82, 2.24) is 29.7 Å². The van der Waals surface area contributed by atoms with Crippen LogP contribution in [0.25, 0.3) is 11.0 Å². The first-order valence-electron chi connectivity index (χ1n) is 15.0. The first-order valence-corrected chi connectivity index (χ1v) is 15.0. The Hall–Kier alpha value is -4.16. The molecule has 1 atom stereocenters. The number of hydrogen-bond donors (Lipinski definition) is 2. The Balaban J connectivity index is 1.17. The Kier molecular flexibility index (Phi) is 8.46. The highest BCUT2D eigenvalue weighted by Gasteiger charge is 2.35. The molecular weight excluding hydrogens is 571 g/mol. The molecule has 0 aliphatic carbocycles. The number of carbonyl (C=O) groups is 1. The minimum absolute atomic E-state index is 0.0165. The molecule has 9 nitrogen and oxygen atoms in total. The highest BCUT2D eigenvalue weighted by Crippen LogP contribution is 2.36. The van der Waals surface area contributed by atoms with Crippen LogP contribution in [0.4, 0.5) is 23.7 Å². The third kappa shape index (κ3) is 6.36. The van der Waals surface area contributed by atoms with E-state index in [4.69, 9.17) is 4.74 Å². The van der Waals surface area contributed by atoms with Gasteiger partial charge >= 0.3 is 12.2 Å². The summed E-state index contributed by atoms with van der Waals surface area (Å²) in [5.41, 5.74) is 2.05. The fraction of sp³-hybridized carbons (Fsp3) is 0.406. The second kappa shape index (κ2) is 12.4. The van der Waals surface area contributed by atoms with Gasteiger partial charge in [-0.15, -0.1) is 0 Å². The molecule has 232 valence electrons. The van der Waals surface area contributed by atoms with Gasteiger partial charge < -0.3 is 24.8 Å². The summed E-state index contributed by atoms with van der Waals surface area (Å²) in [4.78, 5) is 31.4. The van der Waals surface area contributed by atoms with E-state index in [0.717, 1.165) is 61.9 Å². The number of H-pyrrole nitrogens is 1. The van der Waals surface area contributed by atoms with Crippen LogP contribution >= 0.6 is 0 Å². The van der Waals surface area contributed by atoms with Gasteiger partial charge in [0.1, 0.15) is 17.1 Å². The van der Waals surface area contributed by atoms with E-state index in [-0.39, 0.29) is 30.3 Å². The van der Waals surface area contributed by atoms with Crippen molar-refractivity contribution < 1.29 is 22.7 Å². The van der Waals surface area contributed by atoms with Crippen molar-refractivity contribution in [3.8, 4) is 11.5 Å². The maximum absolute atomic E-state index is 14.1. The third-order valence-corrected chi connectivity index (χ3v) is 8.57. The number of piperazine rings is 1. The van der Waals surface area contributed by atoms with Crippen molar-refractivity contribution in [2.75, 3.05) is 44.6 Å². The monoisotopic (exact) mass is 607 g/mol. The van der Waals surface area contributed by atoms with Crippen LogP contribution in [0.15, 0.2) is 55.0 Å². The molecule has 4 aromatic rings. The number of benzene rings is 1. The number of rotatable bonds is 7. The van der Waals surface area contributed by atoms with E-state index < -0.39 is 17.8 Å². The number of halogens is 3. The highest BCUT2D eigenvalue weighted by atomic mass is 19.4. The van der Waals surface area contributed by atoms with Crippen molar-refractivity contribution in [2.24, 2.45) is 0 Å². The van der Waals surface area contributed by atoms with Crippen molar-refractivity contribution in [1.29, 1.82) is 0 Å². The number of aromatic amines is 1. The number of urea groups is 1. The first-order chi connectivity index (χ1) is 21.2. The maximum atomic E-state index is 14.1. The molecule has 3 aromatic heterocycles. The number of ether oxygens (including phenoxy) is 1. The molecule has 1 fully saturated rings. The molecule has 6 rings (SSSR count). The number of alkyl halides is 3. The number of carbonyl (C=O) groups excluding carboxylic acids is 1. The number of anilines is 1. The van der Waals surface area contributed by atoms with Crippen LogP contribution in [-0.4, -0.2) is 75.0 Å². The molecule has 2 N–H and O–H groups in total. The van der Waals surface area contributed by atoms with Crippen LogP contribution in [-0.2, 0) is 19.3 Å². The first kappa shape index (κ1) is 29.9. The summed E-state index contributed by atoms with van der Waals surface area (Å²) >= 11 is 0. The Labute approximate surface area is 254 Å². The normalized spacial score (nSPS) is 17.9. The number of nitrogens with one attached hydrogen (secondary N) is 2. The molecule has 2 amide bonds. The third-order valence-electron chi connectivity index (χ3n) is 8.57. The maximum Gasteiger partial charge on any atom is 0.416 e. The molecule has 0 saturated carbocycles. The number of nitrogens with zero attached hydrogens (tertiary/aromatic N) is 5. The lowest BCUT2D eigenvalue weighted by Crippen LogP contribution is -2.45. The Morgan fingerprint density at radius 2 is 1.86 bits per heavy atom. The number of fused-ring (bicyclic) bond motifs is 2. The minimum atomic E-state index is -4.54. The largest absolute Gasteiger partial charge is 0.455 e. The average Bonchev–Trinajstić information content (AvgIpc) is 3.51. The molecule has 1 aromatic carbocycles. The molecule has 2 aliphatic rings. The fourth-order valence-corrected chi connectivity index (χ4v) is 6.06. The van der Waals surface area contributed by atoms with E-state index in [1.807, 2.05) is 24.0 Å². The van der Waals surface area contributed by atoms with E-state index >= 15 is 0 Å². The minimum Gasteiger partial charge on any atom is -0.455 e. The smallest absolute Gasteiger partial charge is 0.416 e. The van der Waals surface area contributed by atoms with Gasteiger partial charge in [-0.05, 0) is 54.4 Å². The summed E-state index contributed by atoms with van der Waals surface area (Å²) in [6, 6.07) is 9.17. The van der Waals surface area contributed by atoms with Crippen LogP contribution < -0.4 is 10.1 Å². The second-order valence-corrected chi connectivity index (χ2v) is 11.4. The van der Waals surface area contributed by atoms with E-state index in [1.54, 1.807) is 35.6 Å². The molecule has 2 aliphatic heterocycles. The van der Waals surface area contributed by atoms with Gasteiger partial charge in [-0.1, -0.05) is 19.9 Å². The van der Waals surface area contributed by atoms with Crippen LogP contribution in [0, 0.1) is 0 Å². The zero-order valence-electron chi connectivity index (χ0n) is 24.8. The average molecular weight is 608 g/mol. The molecular formula is C32H36F3N7O2. The number of hydrogen-bond acceptors (Lipinski definition) is 6. The molecule has 0 radical (unpaired) electrons. The van der Waals surface area contributed by atoms with Gasteiger partial charge in [0.25, 0.3) is 0 Å². The topological polar surface area (TPSA) is 89.6 Å². The van der Waals surface area contributed by atoms with Crippen molar-refractivity contribution in [2.45, 2.75) is 45.5 Å². The second-order valence-electron chi connectivity index (χ2n) is 11.4. The van der Waals surface area contributed by atoms with Crippen LogP contribution in [0.1, 0.15) is 48.6 Å². The summed E-state index contributed by atoms with van der Waals surface area (Å²) in [6.45, 7) is 9.05. The van der Waals surface area contributed by atoms with E-state index in [1.165, 1.54) is 6.07 Å². The van der Waals surface area contributed by atoms with Gasteiger partial charge in [-0.25, -0.2) is 9.78 Å². The van der Waals surface area contributed by atoms with Gasteiger partial charge in [-0.2, -0.15) is 13.2 Å². The van der Waals surface area contributed by atoms with E-state index in [9.17, 15) is 18.0 Å². The highest BCUT2D eigenvalue weighted by molar-refractivity contribution is 5.89. The molecule has 0 unspecified atom stereocenters. The lowest BCUT2D eigenvalue weighted by molar-refractivity contribution is -0.138. The lowest BCUT2D eigenvalue weighted by Gasteiger charge is -2.34. The predicted molar refractivity (Wildman–Crippen MR) is 162 cm³/mol. The number of pyridine rings is 2. The molecule has 12 heteroatoms. The Morgan fingerprint density at radius 1 is 1.07 bits per heavy atom. The Bertz CT molecular complexity index is 1630. The van der Waals surface area contributed by atoms with Crippen LogP contribution in [0.5, 0.6) is 11.5 Å². The van der Waals surface area contributed by atoms with Gasteiger partial charge in [0, 0.05) is 69.8 Å². The fourth-order valence-electron chi connectivity index (χ4n) is 6.06. The SMILES string of the molecule is CC[C@H]1CN(C(=O)Nc2ccc(CN3CCN(CC)CC3)c(C(F)(F)F)c2)Cc2cc(Oc3ccnc4[nH]ccc34)cnc21. The van der Waals surface area contributed by atoms with Crippen molar-refractivity contribution >= 4 is 22.8 Å². The van der Waals surface area contributed by atoms with Crippen LogP contribution in [0.3, 0.4) is 0 Å². The predicted octanol–water partition coefficient (Wildman–Crippen LogP) is 6.45. The van der Waals surface area contributed by atoms with Crippen LogP contribution in [0.2, 0.25) is 0 Å². The zero-order chi connectivity index (χ0) is 30.8. The molecule has 5 heterocycles. The zero-order valence-corrected chi connectivity index (χ0v) is 24.8.